The van der Waals surface area contributed by atoms with Crippen molar-refractivity contribution in [3.8, 4) is 0 Å². The van der Waals surface area contributed by atoms with Gasteiger partial charge in [0.15, 0.2) is 0 Å². The van der Waals surface area contributed by atoms with Crippen molar-refractivity contribution in [1.29, 1.82) is 0 Å². The molecule has 0 unspecified atom stereocenters. The van der Waals surface area contributed by atoms with Crippen LogP contribution in [0.1, 0.15) is 25.0 Å². The summed E-state index contributed by atoms with van der Waals surface area (Å²) in [4.78, 5) is 0. The van der Waals surface area contributed by atoms with E-state index in [1.54, 1.807) is 0 Å². The number of benzene rings is 1. The fourth-order valence-corrected chi connectivity index (χ4v) is 2.41. The molecule has 1 nitrogen and oxygen atoms in total. The minimum atomic E-state index is 0.110. The summed E-state index contributed by atoms with van der Waals surface area (Å²) in [5, 5.41) is 0. The van der Waals surface area contributed by atoms with E-state index < -0.39 is 0 Å². The zero-order valence-corrected chi connectivity index (χ0v) is 10.8. The monoisotopic (exact) mass is 265 g/mol. The third-order valence-corrected chi connectivity index (χ3v) is 3.97. The molecule has 0 radical (unpaired) electrons. The van der Waals surface area contributed by atoms with Crippen LogP contribution in [0.15, 0.2) is 28.2 Å². The highest BCUT2D eigenvalue weighted by Crippen LogP contribution is 2.38. The van der Waals surface area contributed by atoms with E-state index in [2.05, 4.69) is 54.1 Å². The first kappa shape index (κ1) is 10.9. The molecule has 1 aliphatic rings. The van der Waals surface area contributed by atoms with E-state index in [0.29, 0.717) is 6.54 Å². The van der Waals surface area contributed by atoms with Crippen LogP contribution in [0, 0.1) is 5.41 Å². The van der Waals surface area contributed by atoms with E-state index in [4.69, 9.17) is 5.73 Å². The van der Waals surface area contributed by atoms with Gasteiger partial charge in [-0.05, 0) is 29.0 Å². The zero-order valence-electron chi connectivity index (χ0n) is 9.18. The molecule has 1 aliphatic carbocycles. The Morgan fingerprint density at radius 3 is 2.73 bits per heavy atom. The fourth-order valence-electron chi connectivity index (χ4n) is 1.89. The number of halogens is 1. The molecular formula is C13H16BrN. The van der Waals surface area contributed by atoms with Gasteiger partial charge in [0.25, 0.3) is 0 Å². The molecule has 0 spiro atoms. The number of hydrogen-bond acceptors (Lipinski definition) is 1. The molecule has 2 N–H and O–H groups in total. The summed E-state index contributed by atoms with van der Waals surface area (Å²) in [5.74, 6) is 0. The molecule has 0 saturated carbocycles. The first-order chi connectivity index (χ1) is 7.04. The van der Waals surface area contributed by atoms with Gasteiger partial charge in [0, 0.05) is 11.0 Å². The lowest BCUT2D eigenvalue weighted by Gasteiger charge is -2.24. The summed E-state index contributed by atoms with van der Waals surface area (Å²) in [6.07, 6.45) is 3.31. The minimum Gasteiger partial charge on any atom is -0.330 e. The van der Waals surface area contributed by atoms with Gasteiger partial charge in [-0.15, -0.1) is 0 Å². The van der Waals surface area contributed by atoms with Gasteiger partial charge in [-0.25, -0.2) is 0 Å². The molecule has 0 fully saturated rings. The van der Waals surface area contributed by atoms with Crippen LogP contribution in [0.25, 0.3) is 6.08 Å². The average Bonchev–Trinajstić information content (AvgIpc) is 2.64. The quantitative estimate of drug-likeness (QED) is 0.872. The molecule has 2 rings (SSSR count). The van der Waals surface area contributed by atoms with Crippen molar-refractivity contribution in [1.82, 2.24) is 0 Å². The van der Waals surface area contributed by atoms with Crippen LogP contribution >= 0.6 is 15.9 Å². The van der Waals surface area contributed by atoms with E-state index in [9.17, 15) is 0 Å². The molecule has 80 valence electrons. The number of rotatable bonds is 2. The largest absolute Gasteiger partial charge is 0.330 e. The normalized spacial score (nSPS) is 15.1. The third-order valence-electron chi connectivity index (χ3n) is 3.23. The maximum atomic E-state index is 5.81. The van der Waals surface area contributed by atoms with Gasteiger partial charge < -0.3 is 5.73 Å². The summed E-state index contributed by atoms with van der Waals surface area (Å²) in [6, 6.07) is 6.35. The van der Waals surface area contributed by atoms with Gasteiger partial charge in [-0.3, -0.25) is 0 Å². The van der Waals surface area contributed by atoms with Crippen LogP contribution in [0.5, 0.6) is 0 Å². The van der Waals surface area contributed by atoms with Crippen LogP contribution in [-0.2, 0) is 6.42 Å². The van der Waals surface area contributed by atoms with E-state index in [0.717, 1.165) is 6.42 Å². The summed E-state index contributed by atoms with van der Waals surface area (Å²) >= 11 is 3.60. The van der Waals surface area contributed by atoms with E-state index >= 15 is 0 Å². The van der Waals surface area contributed by atoms with Gasteiger partial charge in [0.2, 0.25) is 0 Å². The molecule has 0 amide bonds. The smallest absolute Gasteiger partial charge is 0.0216 e. The summed E-state index contributed by atoms with van der Waals surface area (Å²) < 4.78 is 1.21. The van der Waals surface area contributed by atoms with Crippen LogP contribution in [0.3, 0.4) is 0 Å². The molecule has 0 saturated heterocycles. The molecule has 1 aromatic rings. The van der Waals surface area contributed by atoms with Gasteiger partial charge >= 0.3 is 0 Å². The van der Waals surface area contributed by atoms with E-state index in [1.807, 2.05) is 0 Å². The Hall–Kier alpha value is -0.600. The van der Waals surface area contributed by atoms with Crippen molar-refractivity contribution < 1.29 is 0 Å². The standard InChI is InChI=1S/C13H16BrN/c1-13(2,8-15)10-6-9-4-3-5-12(14)11(9)7-10/h3-6H,7-8,15H2,1-2H3. The van der Waals surface area contributed by atoms with Gasteiger partial charge in [0.05, 0.1) is 0 Å². The summed E-state index contributed by atoms with van der Waals surface area (Å²) in [5.41, 5.74) is 10.1. The number of nitrogens with two attached hydrogens (primary N) is 1. The Bertz CT molecular complexity index is 419. The maximum absolute atomic E-state index is 5.81. The topological polar surface area (TPSA) is 26.0 Å². The van der Waals surface area contributed by atoms with Crippen LogP contribution in [0.2, 0.25) is 0 Å². The average molecular weight is 266 g/mol. The second-order valence-corrected chi connectivity index (χ2v) is 5.60. The lowest BCUT2D eigenvalue weighted by Crippen LogP contribution is -2.25. The summed E-state index contributed by atoms with van der Waals surface area (Å²) in [7, 11) is 0. The molecular weight excluding hydrogens is 250 g/mol. The van der Waals surface area contributed by atoms with Gasteiger partial charge in [0.1, 0.15) is 0 Å². The Balaban J connectivity index is 2.37. The number of hydrogen-bond donors (Lipinski definition) is 1. The second-order valence-electron chi connectivity index (χ2n) is 4.74. The van der Waals surface area contributed by atoms with Crippen molar-refractivity contribution in [2.45, 2.75) is 20.3 Å². The van der Waals surface area contributed by atoms with Crippen LogP contribution in [0.4, 0.5) is 0 Å². The van der Waals surface area contributed by atoms with Crippen molar-refractivity contribution in [2.24, 2.45) is 11.1 Å². The molecule has 0 aromatic heterocycles. The highest BCUT2D eigenvalue weighted by Gasteiger charge is 2.26. The molecule has 0 atom stereocenters. The molecule has 2 heteroatoms. The van der Waals surface area contributed by atoms with E-state index in [1.165, 1.54) is 21.2 Å². The Labute approximate surface area is 99.5 Å². The zero-order chi connectivity index (χ0) is 11.1. The Morgan fingerprint density at radius 2 is 2.13 bits per heavy atom. The first-order valence-electron chi connectivity index (χ1n) is 5.23. The number of fused-ring (bicyclic) bond motifs is 1. The highest BCUT2D eigenvalue weighted by atomic mass is 79.9. The minimum absolute atomic E-state index is 0.110. The SMILES string of the molecule is CC(C)(CN)C1=Cc2cccc(Br)c2C1. The lowest BCUT2D eigenvalue weighted by molar-refractivity contribution is 0.456. The van der Waals surface area contributed by atoms with Crippen molar-refractivity contribution in [2.75, 3.05) is 6.54 Å². The predicted octanol–water partition coefficient (Wildman–Crippen LogP) is 3.37. The Morgan fingerprint density at radius 1 is 1.40 bits per heavy atom. The van der Waals surface area contributed by atoms with Crippen molar-refractivity contribution >= 4 is 22.0 Å². The van der Waals surface area contributed by atoms with Crippen molar-refractivity contribution in [3.05, 3.63) is 39.4 Å². The van der Waals surface area contributed by atoms with Crippen molar-refractivity contribution in [3.63, 3.8) is 0 Å². The van der Waals surface area contributed by atoms with Gasteiger partial charge in [-0.1, -0.05) is 53.6 Å². The van der Waals surface area contributed by atoms with Gasteiger partial charge in [-0.2, -0.15) is 0 Å². The summed E-state index contributed by atoms with van der Waals surface area (Å²) in [6.45, 7) is 5.11. The third kappa shape index (κ3) is 1.88. The van der Waals surface area contributed by atoms with E-state index in [-0.39, 0.29) is 5.41 Å². The van der Waals surface area contributed by atoms with Crippen LogP contribution in [-0.4, -0.2) is 6.54 Å². The lowest BCUT2D eigenvalue weighted by atomic mass is 9.83. The highest BCUT2D eigenvalue weighted by molar-refractivity contribution is 9.10. The van der Waals surface area contributed by atoms with Crippen LogP contribution < -0.4 is 5.73 Å². The predicted molar refractivity (Wildman–Crippen MR) is 68.7 cm³/mol. The molecule has 0 aliphatic heterocycles. The first-order valence-corrected chi connectivity index (χ1v) is 6.02. The molecule has 15 heavy (non-hydrogen) atoms. The molecule has 0 bridgehead atoms. The fraction of sp³-hybridized carbons (Fsp3) is 0.385. The second kappa shape index (κ2) is 3.76. The molecule has 0 heterocycles. The maximum Gasteiger partial charge on any atom is 0.0216 e. The molecule has 1 aromatic carbocycles. The Kier molecular flexibility index (Phi) is 2.73.